The summed E-state index contributed by atoms with van der Waals surface area (Å²) >= 11 is 0. The summed E-state index contributed by atoms with van der Waals surface area (Å²) in [4.78, 5) is 14.4. The SMILES string of the molecule is NC1(C(=O)N2CCCC(CCc3cccc(C(F)(F)F)c3)C2)CCC1. The average Bonchev–Trinajstić information content (AvgIpc) is 2.57. The molecule has 1 aromatic carbocycles. The van der Waals surface area contributed by atoms with Gasteiger partial charge in [-0.3, -0.25) is 4.79 Å². The highest BCUT2D eigenvalue weighted by molar-refractivity contribution is 5.87. The summed E-state index contributed by atoms with van der Waals surface area (Å²) in [6.45, 7) is 1.43. The van der Waals surface area contributed by atoms with Gasteiger partial charge in [0.25, 0.3) is 0 Å². The Morgan fingerprint density at radius 2 is 2.04 bits per heavy atom. The summed E-state index contributed by atoms with van der Waals surface area (Å²) in [5, 5.41) is 0. The summed E-state index contributed by atoms with van der Waals surface area (Å²) in [5.41, 5.74) is 5.59. The first kappa shape index (κ1) is 18.2. The molecule has 1 aliphatic carbocycles. The highest BCUT2D eigenvalue weighted by Crippen LogP contribution is 2.33. The van der Waals surface area contributed by atoms with E-state index in [0.29, 0.717) is 24.4 Å². The lowest BCUT2D eigenvalue weighted by molar-refractivity contribution is -0.142. The number of carbonyl (C=O) groups excluding carboxylic acids is 1. The van der Waals surface area contributed by atoms with Crippen LogP contribution in [0.3, 0.4) is 0 Å². The molecule has 1 saturated heterocycles. The Hall–Kier alpha value is -1.56. The van der Waals surface area contributed by atoms with Crippen molar-refractivity contribution in [3.63, 3.8) is 0 Å². The van der Waals surface area contributed by atoms with Gasteiger partial charge in [-0.15, -0.1) is 0 Å². The quantitative estimate of drug-likeness (QED) is 0.895. The number of hydrogen-bond acceptors (Lipinski definition) is 2. The van der Waals surface area contributed by atoms with E-state index in [1.54, 1.807) is 6.07 Å². The summed E-state index contributed by atoms with van der Waals surface area (Å²) in [6, 6.07) is 5.53. The number of rotatable bonds is 4. The molecule has 1 heterocycles. The Morgan fingerprint density at radius 1 is 1.28 bits per heavy atom. The van der Waals surface area contributed by atoms with Crippen LogP contribution in [0.5, 0.6) is 0 Å². The first-order valence-electron chi connectivity index (χ1n) is 9.02. The van der Waals surface area contributed by atoms with Crippen LogP contribution in [-0.4, -0.2) is 29.4 Å². The molecule has 1 amide bonds. The number of hydrogen-bond donors (Lipinski definition) is 1. The number of nitrogens with zero attached hydrogens (tertiary/aromatic N) is 1. The topological polar surface area (TPSA) is 46.3 Å². The molecular formula is C19H25F3N2O. The summed E-state index contributed by atoms with van der Waals surface area (Å²) in [6.07, 6.45) is 1.58. The van der Waals surface area contributed by atoms with E-state index in [-0.39, 0.29) is 5.91 Å². The number of aryl methyl sites for hydroxylation is 1. The van der Waals surface area contributed by atoms with Crippen molar-refractivity contribution in [3.05, 3.63) is 35.4 Å². The van der Waals surface area contributed by atoms with E-state index in [9.17, 15) is 18.0 Å². The maximum Gasteiger partial charge on any atom is 0.416 e. The van der Waals surface area contributed by atoms with Gasteiger partial charge in [0.05, 0.1) is 11.1 Å². The van der Waals surface area contributed by atoms with Crippen molar-refractivity contribution < 1.29 is 18.0 Å². The van der Waals surface area contributed by atoms with Crippen molar-refractivity contribution >= 4 is 5.91 Å². The van der Waals surface area contributed by atoms with Crippen LogP contribution in [-0.2, 0) is 17.4 Å². The number of carbonyl (C=O) groups is 1. The fourth-order valence-corrected chi connectivity index (χ4v) is 3.85. The number of benzene rings is 1. The van der Waals surface area contributed by atoms with Crippen molar-refractivity contribution in [1.82, 2.24) is 4.90 Å². The second kappa shape index (κ2) is 6.98. The third-order valence-corrected chi connectivity index (χ3v) is 5.57. The van der Waals surface area contributed by atoms with Gasteiger partial charge >= 0.3 is 6.18 Å². The number of nitrogens with two attached hydrogens (primary N) is 1. The molecule has 0 spiro atoms. The Labute approximate surface area is 146 Å². The zero-order chi connectivity index (χ0) is 18.1. The van der Waals surface area contributed by atoms with Gasteiger partial charge in [0.1, 0.15) is 0 Å². The highest BCUT2D eigenvalue weighted by atomic mass is 19.4. The molecular weight excluding hydrogens is 329 g/mol. The third kappa shape index (κ3) is 4.17. The molecule has 3 rings (SSSR count). The van der Waals surface area contributed by atoms with Crippen LogP contribution in [0.15, 0.2) is 24.3 Å². The van der Waals surface area contributed by atoms with E-state index < -0.39 is 17.3 Å². The summed E-state index contributed by atoms with van der Waals surface area (Å²) < 4.78 is 38.4. The number of halogens is 3. The predicted octanol–water partition coefficient (Wildman–Crippen LogP) is 3.76. The Bertz CT molecular complexity index is 625. The van der Waals surface area contributed by atoms with Crippen LogP contribution in [0.25, 0.3) is 0 Å². The van der Waals surface area contributed by atoms with Crippen molar-refractivity contribution in [3.8, 4) is 0 Å². The molecule has 0 aromatic heterocycles. The molecule has 1 atom stereocenters. The van der Waals surface area contributed by atoms with Gasteiger partial charge in [-0.2, -0.15) is 13.2 Å². The molecule has 0 radical (unpaired) electrons. The Morgan fingerprint density at radius 3 is 2.68 bits per heavy atom. The molecule has 6 heteroatoms. The van der Waals surface area contributed by atoms with Crippen LogP contribution < -0.4 is 5.73 Å². The molecule has 2 aliphatic rings. The van der Waals surface area contributed by atoms with Gasteiger partial charge in [-0.05, 0) is 62.5 Å². The molecule has 1 aliphatic heterocycles. The van der Waals surface area contributed by atoms with E-state index >= 15 is 0 Å². The average molecular weight is 354 g/mol. The number of piperidine rings is 1. The maximum absolute atomic E-state index is 12.8. The second-order valence-corrected chi connectivity index (χ2v) is 7.51. The van der Waals surface area contributed by atoms with Gasteiger partial charge in [0.2, 0.25) is 5.91 Å². The van der Waals surface area contributed by atoms with Gasteiger partial charge in [-0.1, -0.05) is 18.2 Å². The minimum atomic E-state index is -4.30. The minimum Gasteiger partial charge on any atom is -0.341 e. The van der Waals surface area contributed by atoms with E-state index in [0.717, 1.165) is 51.1 Å². The zero-order valence-electron chi connectivity index (χ0n) is 14.3. The minimum absolute atomic E-state index is 0.0579. The van der Waals surface area contributed by atoms with E-state index in [4.69, 9.17) is 5.73 Å². The number of alkyl halides is 3. The molecule has 25 heavy (non-hydrogen) atoms. The summed E-state index contributed by atoms with van der Waals surface area (Å²) in [5.74, 6) is 0.387. The third-order valence-electron chi connectivity index (χ3n) is 5.57. The number of likely N-dealkylation sites (tertiary alicyclic amines) is 1. The van der Waals surface area contributed by atoms with Crippen LogP contribution in [0.4, 0.5) is 13.2 Å². The molecule has 1 aromatic rings. The first-order chi connectivity index (χ1) is 11.8. The van der Waals surface area contributed by atoms with Crippen LogP contribution in [0.2, 0.25) is 0 Å². The second-order valence-electron chi connectivity index (χ2n) is 7.51. The molecule has 2 N–H and O–H groups in total. The molecule has 2 fully saturated rings. The van der Waals surface area contributed by atoms with Crippen molar-refractivity contribution in [2.45, 2.75) is 56.7 Å². The van der Waals surface area contributed by atoms with Crippen molar-refractivity contribution in [2.75, 3.05) is 13.1 Å². The molecule has 1 saturated carbocycles. The lowest BCUT2D eigenvalue weighted by atomic mass is 9.76. The smallest absolute Gasteiger partial charge is 0.341 e. The molecule has 0 bridgehead atoms. The van der Waals surface area contributed by atoms with Crippen LogP contribution >= 0.6 is 0 Å². The number of amides is 1. The lowest BCUT2D eigenvalue weighted by Crippen LogP contribution is -2.60. The van der Waals surface area contributed by atoms with Crippen molar-refractivity contribution in [2.24, 2.45) is 11.7 Å². The Kier molecular flexibility index (Phi) is 5.09. The van der Waals surface area contributed by atoms with Gasteiger partial charge in [-0.25, -0.2) is 0 Å². The fraction of sp³-hybridized carbons (Fsp3) is 0.632. The normalized spacial score (nSPS) is 23.2. The zero-order valence-corrected chi connectivity index (χ0v) is 14.3. The molecule has 3 nitrogen and oxygen atoms in total. The van der Waals surface area contributed by atoms with E-state index in [2.05, 4.69) is 0 Å². The predicted molar refractivity (Wildman–Crippen MR) is 89.8 cm³/mol. The van der Waals surface area contributed by atoms with Crippen LogP contribution in [0.1, 0.15) is 49.7 Å². The largest absolute Gasteiger partial charge is 0.416 e. The van der Waals surface area contributed by atoms with Gasteiger partial charge < -0.3 is 10.6 Å². The van der Waals surface area contributed by atoms with E-state index in [1.807, 2.05) is 4.90 Å². The molecule has 1 unspecified atom stereocenters. The maximum atomic E-state index is 12.8. The monoisotopic (exact) mass is 354 g/mol. The summed E-state index contributed by atoms with van der Waals surface area (Å²) in [7, 11) is 0. The van der Waals surface area contributed by atoms with Gasteiger partial charge in [0.15, 0.2) is 0 Å². The van der Waals surface area contributed by atoms with Gasteiger partial charge in [0, 0.05) is 13.1 Å². The fourth-order valence-electron chi connectivity index (χ4n) is 3.85. The molecule has 138 valence electrons. The lowest BCUT2D eigenvalue weighted by Gasteiger charge is -2.43. The Balaban J connectivity index is 1.56. The van der Waals surface area contributed by atoms with E-state index in [1.165, 1.54) is 12.1 Å². The standard InChI is InChI=1S/C19H25F3N2O/c20-19(21,22)16-6-1-4-14(12-16)7-8-15-5-2-11-24(13-15)17(25)18(23)9-3-10-18/h1,4,6,12,15H,2-3,5,7-11,13,23H2. The highest BCUT2D eigenvalue weighted by Gasteiger charge is 2.43. The van der Waals surface area contributed by atoms with Crippen molar-refractivity contribution in [1.29, 1.82) is 0 Å². The van der Waals surface area contributed by atoms with Crippen LogP contribution in [0, 0.1) is 5.92 Å². The first-order valence-corrected chi connectivity index (χ1v) is 9.02.